The van der Waals surface area contributed by atoms with Crippen LogP contribution in [0.5, 0.6) is 0 Å². The average Bonchev–Trinajstić information content (AvgIpc) is 2.85. The van der Waals surface area contributed by atoms with Gasteiger partial charge in [-0.3, -0.25) is 0 Å². The summed E-state index contributed by atoms with van der Waals surface area (Å²) in [6.45, 7) is 1.92. The predicted octanol–water partition coefficient (Wildman–Crippen LogP) is 3.51. The van der Waals surface area contributed by atoms with Crippen molar-refractivity contribution in [2.45, 2.75) is 6.92 Å². The minimum absolute atomic E-state index is 0.618. The highest BCUT2D eigenvalue weighted by atomic mass is 16.1. The molecule has 0 aliphatic heterocycles. The number of nitrogens with one attached hydrogen (secondary N) is 1. The molecule has 3 aromatic rings. The van der Waals surface area contributed by atoms with Crippen molar-refractivity contribution in [2.24, 2.45) is 4.99 Å². The molecule has 3 rings (SSSR count). The van der Waals surface area contributed by atoms with E-state index in [0.29, 0.717) is 5.69 Å². The standard InChI is InChI=1S/C15H11N3O/c1-10-11(5-4-8-12(10)16-9-19)15-17-13-6-2-3-7-14(13)18-15/h2-8H,1H3,(H,17,18). The van der Waals surface area contributed by atoms with E-state index in [2.05, 4.69) is 15.0 Å². The molecule has 1 heterocycles. The monoisotopic (exact) mass is 249 g/mol. The summed E-state index contributed by atoms with van der Waals surface area (Å²) in [5.74, 6) is 0.779. The van der Waals surface area contributed by atoms with Crippen molar-refractivity contribution in [3.05, 3.63) is 48.0 Å². The minimum Gasteiger partial charge on any atom is -0.338 e. The number of rotatable bonds is 2. The van der Waals surface area contributed by atoms with Crippen LogP contribution in [0.15, 0.2) is 47.5 Å². The molecule has 0 amide bonds. The topological polar surface area (TPSA) is 58.1 Å². The Morgan fingerprint density at radius 3 is 2.79 bits per heavy atom. The second-order valence-corrected chi connectivity index (χ2v) is 4.26. The van der Waals surface area contributed by atoms with Gasteiger partial charge in [0.2, 0.25) is 6.08 Å². The first-order valence-electron chi connectivity index (χ1n) is 5.92. The van der Waals surface area contributed by atoms with E-state index in [-0.39, 0.29) is 0 Å². The van der Waals surface area contributed by atoms with Crippen molar-refractivity contribution < 1.29 is 4.79 Å². The van der Waals surface area contributed by atoms with Crippen LogP contribution in [-0.4, -0.2) is 16.0 Å². The van der Waals surface area contributed by atoms with E-state index in [1.807, 2.05) is 43.3 Å². The molecule has 1 aromatic heterocycles. The van der Waals surface area contributed by atoms with Gasteiger partial charge in [0, 0.05) is 5.56 Å². The van der Waals surface area contributed by atoms with Crippen LogP contribution in [0.1, 0.15) is 5.56 Å². The van der Waals surface area contributed by atoms with E-state index in [0.717, 1.165) is 28.0 Å². The van der Waals surface area contributed by atoms with Crippen LogP contribution >= 0.6 is 0 Å². The van der Waals surface area contributed by atoms with Crippen LogP contribution in [0.25, 0.3) is 22.4 Å². The number of hydrogen-bond donors (Lipinski definition) is 1. The maximum Gasteiger partial charge on any atom is 0.240 e. The molecule has 19 heavy (non-hydrogen) atoms. The van der Waals surface area contributed by atoms with Crippen molar-refractivity contribution in [3.8, 4) is 11.4 Å². The fraction of sp³-hybridized carbons (Fsp3) is 0.0667. The normalized spacial score (nSPS) is 10.4. The first kappa shape index (κ1) is 11.4. The molecule has 0 saturated heterocycles. The number of fused-ring (bicyclic) bond motifs is 1. The summed E-state index contributed by atoms with van der Waals surface area (Å²) in [4.78, 5) is 21.9. The third-order valence-electron chi connectivity index (χ3n) is 3.12. The number of aromatic amines is 1. The van der Waals surface area contributed by atoms with Crippen molar-refractivity contribution in [2.75, 3.05) is 0 Å². The van der Waals surface area contributed by atoms with E-state index in [1.54, 1.807) is 12.1 Å². The SMILES string of the molecule is Cc1c(N=C=O)cccc1-c1nc2ccccc2[nH]1. The molecule has 0 spiro atoms. The van der Waals surface area contributed by atoms with Crippen LogP contribution in [0.2, 0.25) is 0 Å². The maximum atomic E-state index is 10.4. The molecule has 0 fully saturated rings. The van der Waals surface area contributed by atoms with E-state index in [1.165, 1.54) is 0 Å². The molecular weight excluding hydrogens is 238 g/mol. The van der Waals surface area contributed by atoms with Crippen molar-refractivity contribution in [1.82, 2.24) is 9.97 Å². The third kappa shape index (κ3) is 1.94. The van der Waals surface area contributed by atoms with Crippen LogP contribution in [0.3, 0.4) is 0 Å². The number of hydrogen-bond acceptors (Lipinski definition) is 3. The zero-order valence-corrected chi connectivity index (χ0v) is 10.3. The zero-order chi connectivity index (χ0) is 13.2. The molecule has 1 N–H and O–H groups in total. The Kier molecular flexibility index (Phi) is 2.71. The summed E-state index contributed by atoms with van der Waals surface area (Å²) in [7, 11) is 0. The average molecular weight is 249 g/mol. The highest BCUT2D eigenvalue weighted by Gasteiger charge is 2.09. The van der Waals surface area contributed by atoms with Crippen molar-refractivity contribution in [3.63, 3.8) is 0 Å². The van der Waals surface area contributed by atoms with Gasteiger partial charge in [-0.1, -0.05) is 24.3 Å². The summed E-state index contributed by atoms with van der Waals surface area (Å²) in [5.41, 5.74) is 4.37. The Hall–Kier alpha value is -2.71. The molecule has 0 saturated carbocycles. The van der Waals surface area contributed by atoms with Gasteiger partial charge in [0.1, 0.15) is 5.82 Å². The van der Waals surface area contributed by atoms with Gasteiger partial charge in [-0.25, -0.2) is 9.78 Å². The Bertz CT molecular complexity index is 765. The zero-order valence-electron chi connectivity index (χ0n) is 10.3. The Morgan fingerprint density at radius 1 is 1.16 bits per heavy atom. The van der Waals surface area contributed by atoms with Gasteiger partial charge in [-0.2, -0.15) is 4.99 Å². The second-order valence-electron chi connectivity index (χ2n) is 4.26. The van der Waals surface area contributed by atoms with Crippen LogP contribution in [0.4, 0.5) is 5.69 Å². The lowest BCUT2D eigenvalue weighted by atomic mass is 10.1. The van der Waals surface area contributed by atoms with Crippen molar-refractivity contribution in [1.29, 1.82) is 0 Å². The summed E-state index contributed by atoms with van der Waals surface area (Å²) in [6.07, 6.45) is 1.57. The molecule has 4 heteroatoms. The fourth-order valence-electron chi connectivity index (χ4n) is 2.13. The van der Waals surface area contributed by atoms with Gasteiger partial charge in [-0.15, -0.1) is 0 Å². The number of nitrogens with zero attached hydrogens (tertiary/aromatic N) is 2. The third-order valence-corrected chi connectivity index (χ3v) is 3.12. The van der Waals surface area contributed by atoms with Gasteiger partial charge in [0.15, 0.2) is 0 Å². The lowest BCUT2D eigenvalue weighted by Crippen LogP contribution is -1.85. The lowest BCUT2D eigenvalue weighted by Gasteiger charge is -2.04. The molecule has 0 aliphatic carbocycles. The number of carbonyl (C=O) groups excluding carboxylic acids is 1. The molecular formula is C15H11N3O. The minimum atomic E-state index is 0.618. The van der Waals surface area contributed by atoms with Crippen LogP contribution in [-0.2, 0) is 4.79 Å². The van der Waals surface area contributed by atoms with E-state index in [9.17, 15) is 4.79 Å². The number of imidazole rings is 1. The highest BCUT2D eigenvalue weighted by molar-refractivity contribution is 5.81. The molecule has 0 bridgehead atoms. The molecule has 0 atom stereocenters. The molecule has 0 radical (unpaired) electrons. The molecule has 2 aromatic carbocycles. The Morgan fingerprint density at radius 2 is 2.00 bits per heavy atom. The summed E-state index contributed by atoms with van der Waals surface area (Å²) >= 11 is 0. The van der Waals surface area contributed by atoms with E-state index in [4.69, 9.17) is 0 Å². The second kappa shape index (κ2) is 4.52. The first-order chi connectivity index (χ1) is 9.29. The fourth-order valence-corrected chi connectivity index (χ4v) is 2.13. The van der Waals surface area contributed by atoms with Gasteiger partial charge < -0.3 is 4.98 Å². The summed E-state index contributed by atoms with van der Waals surface area (Å²) in [6, 6.07) is 13.4. The van der Waals surface area contributed by atoms with Crippen LogP contribution < -0.4 is 0 Å². The molecule has 92 valence electrons. The molecule has 4 nitrogen and oxygen atoms in total. The lowest BCUT2D eigenvalue weighted by molar-refractivity contribution is 0.565. The van der Waals surface area contributed by atoms with E-state index < -0.39 is 0 Å². The first-order valence-corrected chi connectivity index (χ1v) is 5.92. The summed E-state index contributed by atoms with van der Waals surface area (Å²) < 4.78 is 0. The number of para-hydroxylation sites is 2. The predicted molar refractivity (Wildman–Crippen MR) is 74.0 cm³/mol. The van der Waals surface area contributed by atoms with Gasteiger partial charge in [-0.05, 0) is 30.7 Å². The number of aromatic nitrogens is 2. The Labute approximate surface area is 109 Å². The number of isocyanates is 1. The van der Waals surface area contributed by atoms with Crippen molar-refractivity contribution >= 4 is 22.8 Å². The summed E-state index contributed by atoms with van der Waals surface area (Å²) in [5, 5.41) is 0. The quantitative estimate of drug-likeness (QED) is 0.558. The number of H-pyrrole nitrogens is 1. The van der Waals surface area contributed by atoms with E-state index >= 15 is 0 Å². The van der Waals surface area contributed by atoms with Gasteiger partial charge >= 0.3 is 0 Å². The molecule has 0 unspecified atom stereocenters. The number of benzene rings is 2. The maximum absolute atomic E-state index is 10.4. The largest absolute Gasteiger partial charge is 0.338 e. The van der Waals surface area contributed by atoms with Crippen LogP contribution in [0, 0.1) is 6.92 Å². The van der Waals surface area contributed by atoms with Gasteiger partial charge in [0.05, 0.1) is 16.7 Å². The Balaban J connectivity index is 2.21. The highest BCUT2D eigenvalue weighted by Crippen LogP contribution is 2.29. The number of aliphatic imine (C=N–C) groups is 1. The molecule has 0 aliphatic rings. The van der Waals surface area contributed by atoms with Gasteiger partial charge in [0.25, 0.3) is 0 Å². The smallest absolute Gasteiger partial charge is 0.240 e.